The minimum absolute atomic E-state index is 0.00498. The van der Waals surface area contributed by atoms with Crippen molar-refractivity contribution in [1.29, 1.82) is 0 Å². The van der Waals surface area contributed by atoms with E-state index < -0.39 is 0 Å². The molecule has 0 aromatic heterocycles. The Labute approximate surface area is 165 Å². The van der Waals surface area contributed by atoms with Crippen molar-refractivity contribution in [2.75, 3.05) is 19.6 Å². The highest BCUT2D eigenvalue weighted by Gasteiger charge is 2.27. The van der Waals surface area contributed by atoms with E-state index in [1.54, 1.807) is 18.2 Å². The summed E-state index contributed by atoms with van der Waals surface area (Å²) >= 11 is 0. The normalized spacial score (nSPS) is 14.8. The summed E-state index contributed by atoms with van der Waals surface area (Å²) in [5.41, 5.74) is 3.59. The summed E-state index contributed by atoms with van der Waals surface area (Å²) in [4.78, 5) is 26.9. The van der Waals surface area contributed by atoms with Crippen LogP contribution in [0.2, 0.25) is 0 Å². The Morgan fingerprint density at radius 1 is 1.07 bits per heavy atom. The zero-order chi connectivity index (χ0) is 20.1. The van der Waals surface area contributed by atoms with Crippen LogP contribution in [0.3, 0.4) is 0 Å². The van der Waals surface area contributed by atoms with E-state index >= 15 is 0 Å². The van der Waals surface area contributed by atoms with Gasteiger partial charge in [-0.1, -0.05) is 24.3 Å². The van der Waals surface area contributed by atoms with Crippen molar-refractivity contribution < 1.29 is 14.0 Å². The van der Waals surface area contributed by atoms with Gasteiger partial charge >= 0.3 is 0 Å². The van der Waals surface area contributed by atoms with Crippen molar-refractivity contribution >= 4 is 11.8 Å². The van der Waals surface area contributed by atoms with Gasteiger partial charge in [-0.25, -0.2) is 4.39 Å². The molecular formula is C23H27FN2O2. The van der Waals surface area contributed by atoms with E-state index in [0.29, 0.717) is 50.0 Å². The number of carbonyl (C=O) groups is 2. The average Bonchev–Trinajstić information content (AvgIpc) is 2.71. The summed E-state index contributed by atoms with van der Waals surface area (Å²) < 4.78 is 13.6. The van der Waals surface area contributed by atoms with Crippen LogP contribution in [0.1, 0.15) is 39.9 Å². The fourth-order valence-electron chi connectivity index (χ4n) is 3.57. The Kier molecular flexibility index (Phi) is 6.45. The van der Waals surface area contributed by atoms with Crippen LogP contribution in [0.25, 0.3) is 0 Å². The number of rotatable bonds is 5. The summed E-state index contributed by atoms with van der Waals surface area (Å²) in [5, 5.41) is 2.91. The van der Waals surface area contributed by atoms with Crippen LogP contribution in [-0.2, 0) is 11.2 Å². The van der Waals surface area contributed by atoms with Gasteiger partial charge in [0.25, 0.3) is 5.91 Å². The van der Waals surface area contributed by atoms with Crippen molar-refractivity contribution in [1.82, 2.24) is 10.2 Å². The van der Waals surface area contributed by atoms with Crippen molar-refractivity contribution in [3.63, 3.8) is 0 Å². The van der Waals surface area contributed by atoms with Gasteiger partial charge in [-0.05, 0) is 68.0 Å². The predicted molar refractivity (Wildman–Crippen MR) is 108 cm³/mol. The van der Waals surface area contributed by atoms with Gasteiger partial charge in [0.1, 0.15) is 5.82 Å². The van der Waals surface area contributed by atoms with Crippen LogP contribution in [0.4, 0.5) is 4.39 Å². The molecule has 1 aliphatic rings. The van der Waals surface area contributed by atoms with Crippen LogP contribution >= 0.6 is 0 Å². The van der Waals surface area contributed by atoms with E-state index in [1.807, 2.05) is 36.9 Å². The number of benzene rings is 2. The van der Waals surface area contributed by atoms with E-state index in [0.717, 1.165) is 5.56 Å². The SMILES string of the molecule is Cc1ccc(C(=O)N2CCC(C(=O)NCCc3ccccc3F)CC2)cc1C. The molecule has 1 heterocycles. The summed E-state index contributed by atoms with van der Waals surface area (Å²) in [7, 11) is 0. The molecule has 3 rings (SSSR count). The highest BCUT2D eigenvalue weighted by atomic mass is 19.1. The smallest absolute Gasteiger partial charge is 0.253 e. The van der Waals surface area contributed by atoms with E-state index in [2.05, 4.69) is 5.32 Å². The van der Waals surface area contributed by atoms with Gasteiger partial charge in [-0.2, -0.15) is 0 Å². The number of carbonyl (C=O) groups excluding carboxylic acids is 2. The molecule has 0 unspecified atom stereocenters. The molecule has 1 aliphatic heterocycles. The number of nitrogens with zero attached hydrogens (tertiary/aromatic N) is 1. The Balaban J connectivity index is 1.46. The second-order valence-electron chi connectivity index (χ2n) is 7.50. The lowest BCUT2D eigenvalue weighted by molar-refractivity contribution is -0.126. The second-order valence-corrected chi connectivity index (χ2v) is 7.50. The molecule has 0 radical (unpaired) electrons. The summed E-state index contributed by atoms with van der Waals surface area (Å²) in [6, 6.07) is 12.4. The molecule has 0 spiro atoms. The number of hydrogen-bond donors (Lipinski definition) is 1. The predicted octanol–water partition coefficient (Wildman–Crippen LogP) is 3.65. The molecule has 4 nitrogen and oxygen atoms in total. The Bertz CT molecular complexity index is 857. The van der Waals surface area contributed by atoms with Gasteiger partial charge < -0.3 is 10.2 Å². The zero-order valence-electron chi connectivity index (χ0n) is 16.5. The first-order valence-electron chi connectivity index (χ1n) is 9.83. The number of nitrogens with one attached hydrogen (secondary N) is 1. The quantitative estimate of drug-likeness (QED) is 0.858. The van der Waals surface area contributed by atoms with Crippen LogP contribution in [0, 0.1) is 25.6 Å². The lowest BCUT2D eigenvalue weighted by Crippen LogP contribution is -2.43. The van der Waals surface area contributed by atoms with Crippen molar-refractivity contribution in [3.05, 3.63) is 70.5 Å². The molecule has 0 bridgehead atoms. The molecule has 2 amide bonds. The van der Waals surface area contributed by atoms with Gasteiger partial charge in [0.15, 0.2) is 0 Å². The second kappa shape index (κ2) is 9.00. The highest BCUT2D eigenvalue weighted by Crippen LogP contribution is 2.20. The number of halogens is 1. The molecule has 28 heavy (non-hydrogen) atoms. The molecule has 1 N–H and O–H groups in total. The molecule has 0 atom stereocenters. The van der Waals surface area contributed by atoms with Gasteiger partial charge in [0.05, 0.1) is 0 Å². The first-order chi connectivity index (χ1) is 13.5. The van der Waals surface area contributed by atoms with E-state index in [-0.39, 0.29) is 23.5 Å². The maximum absolute atomic E-state index is 13.6. The van der Waals surface area contributed by atoms with Gasteiger partial charge in [-0.15, -0.1) is 0 Å². The molecule has 1 saturated heterocycles. The average molecular weight is 382 g/mol. The third kappa shape index (κ3) is 4.77. The van der Waals surface area contributed by atoms with E-state index in [4.69, 9.17) is 0 Å². The number of likely N-dealkylation sites (tertiary alicyclic amines) is 1. The van der Waals surface area contributed by atoms with Crippen LogP contribution in [0.15, 0.2) is 42.5 Å². The van der Waals surface area contributed by atoms with E-state index in [9.17, 15) is 14.0 Å². The number of piperidine rings is 1. The molecule has 0 saturated carbocycles. The summed E-state index contributed by atoms with van der Waals surface area (Å²) in [6.07, 6.45) is 1.78. The topological polar surface area (TPSA) is 49.4 Å². The molecule has 2 aromatic rings. The Hall–Kier alpha value is -2.69. The molecule has 148 valence electrons. The first-order valence-corrected chi connectivity index (χ1v) is 9.83. The molecule has 2 aromatic carbocycles. The third-order valence-electron chi connectivity index (χ3n) is 5.56. The minimum Gasteiger partial charge on any atom is -0.356 e. The van der Waals surface area contributed by atoms with Gasteiger partial charge in [0, 0.05) is 31.1 Å². The van der Waals surface area contributed by atoms with Crippen LogP contribution < -0.4 is 5.32 Å². The maximum Gasteiger partial charge on any atom is 0.253 e. The van der Waals surface area contributed by atoms with Crippen molar-refractivity contribution in [3.8, 4) is 0 Å². The Morgan fingerprint density at radius 3 is 2.46 bits per heavy atom. The Morgan fingerprint density at radius 2 is 1.79 bits per heavy atom. The zero-order valence-corrected chi connectivity index (χ0v) is 16.5. The van der Waals surface area contributed by atoms with Crippen LogP contribution in [-0.4, -0.2) is 36.3 Å². The largest absolute Gasteiger partial charge is 0.356 e. The van der Waals surface area contributed by atoms with Gasteiger partial charge in [0.2, 0.25) is 5.91 Å². The number of hydrogen-bond acceptors (Lipinski definition) is 2. The van der Waals surface area contributed by atoms with Crippen molar-refractivity contribution in [2.45, 2.75) is 33.1 Å². The van der Waals surface area contributed by atoms with E-state index in [1.165, 1.54) is 11.6 Å². The first kappa shape index (κ1) is 20.1. The summed E-state index contributed by atoms with van der Waals surface area (Å²) in [6.45, 7) is 5.61. The molecule has 1 fully saturated rings. The number of aryl methyl sites for hydroxylation is 2. The fraction of sp³-hybridized carbons (Fsp3) is 0.391. The molecule has 5 heteroatoms. The summed E-state index contributed by atoms with van der Waals surface area (Å²) in [5.74, 6) is -0.310. The maximum atomic E-state index is 13.6. The third-order valence-corrected chi connectivity index (χ3v) is 5.56. The van der Waals surface area contributed by atoms with Crippen LogP contribution in [0.5, 0.6) is 0 Å². The molecular weight excluding hydrogens is 355 g/mol. The highest BCUT2D eigenvalue weighted by molar-refractivity contribution is 5.94. The van der Waals surface area contributed by atoms with Gasteiger partial charge in [-0.3, -0.25) is 9.59 Å². The lowest BCUT2D eigenvalue weighted by Gasteiger charge is -2.31. The van der Waals surface area contributed by atoms with Crippen molar-refractivity contribution in [2.24, 2.45) is 5.92 Å². The number of amides is 2. The standard InChI is InChI=1S/C23H27FN2O2/c1-16-7-8-20(15-17(16)2)23(28)26-13-10-19(11-14-26)22(27)25-12-9-18-5-3-4-6-21(18)24/h3-8,15,19H,9-14H2,1-2H3,(H,25,27). The monoisotopic (exact) mass is 382 g/mol. The lowest BCUT2D eigenvalue weighted by atomic mass is 9.95. The molecule has 0 aliphatic carbocycles. The fourth-order valence-corrected chi connectivity index (χ4v) is 3.57. The minimum atomic E-state index is -0.241.